The van der Waals surface area contributed by atoms with Gasteiger partial charge in [-0.25, -0.2) is 0 Å². The SMILES string of the molecule is Cc1ccc(C(C)C)cc1O[C@@H](C)C(=O)NNC(=O)c1ccoc1C. The zero-order valence-electron chi connectivity index (χ0n) is 15.2. The summed E-state index contributed by atoms with van der Waals surface area (Å²) >= 11 is 0. The smallest absolute Gasteiger partial charge is 0.279 e. The topological polar surface area (TPSA) is 80.6 Å². The van der Waals surface area contributed by atoms with E-state index in [4.69, 9.17) is 9.15 Å². The minimum Gasteiger partial charge on any atom is -0.481 e. The third-order valence-corrected chi connectivity index (χ3v) is 3.95. The van der Waals surface area contributed by atoms with Crippen LogP contribution in [0.3, 0.4) is 0 Å². The summed E-state index contributed by atoms with van der Waals surface area (Å²) in [7, 11) is 0. The van der Waals surface area contributed by atoms with Gasteiger partial charge in [-0.15, -0.1) is 0 Å². The monoisotopic (exact) mass is 344 g/mol. The van der Waals surface area contributed by atoms with E-state index in [1.54, 1.807) is 13.8 Å². The average Bonchev–Trinajstić information content (AvgIpc) is 3.00. The number of carbonyl (C=O) groups excluding carboxylic acids is 2. The largest absolute Gasteiger partial charge is 0.481 e. The highest BCUT2D eigenvalue weighted by Crippen LogP contribution is 2.25. The third kappa shape index (κ3) is 4.62. The van der Waals surface area contributed by atoms with Crippen LogP contribution >= 0.6 is 0 Å². The number of hydrogen-bond acceptors (Lipinski definition) is 4. The van der Waals surface area contributed by atoms with E-state index in [2.05, 4.69) is 24.7 Å². The normalized spacial score (nSPS) is 11.9. The molecular weight excluding hydrogens is 320 g/mol. The van der Waals surface area contributed by atoms with Crippen molar-refractivity contribution in [1.29, 1.82) is 0 Å². The van der Waals surface area contributed by atoms with Crippen molar-refractivity contribution in [2.24, 2.45) is 0 Å². The minimum atomic E-state index is -0.758. The lowest BCUT2D eigenvalue weighted by molar-refractivity contribution is -0.128. The summed E-state index contributed by atoms with van der Waals surface area (Å²) in [6, 6.07) is 7.50. The molecule has 0 aliphatic rings. The summed E-state index contributed by atoms with van der Waals surface area (Å²) in [5, 5.41) is 0. The lowest BCUT2D eigenvalue weighted by Crippen LogP contribution is -2.47. The standard InChI is InChI=1S/C19H24N2O4/c1-11(2)15-7-6-12(3)17(10-15)25-14(5)18(22)20-21-19(23)16-8-9-24-13(16)4/h6-11,14H,1-5H3,(H,20,22)(H,21,23)/t14-/m0/s1. The molecule has 2 aromatic rings. The van der Waals surface area contributed by atoms with Crippen LogP contribution in [0.1, 0.15) is 53.9 Å². The van der Waals surface area contributed by atoms with Crippen LogP contribution in [-0.4, -0.2) is 17.9 Å². The molecule has 1 atom stereocenters. The number of rotatable bonds is 5. The minimum absolute atomic E-state index is 0.365. The maximum absolute atomic E-state index is 12.2. The Bertz CT molecular complexity index is 765. The van der Waals surface area contributed by atoms with E-state index in [1.165, 1.54) is 12.3 Å². The van der Waals surface area contributed by atoms with Crippen LogP contribution in [0.15, 0.2) is 34.9 Å². The summed E-state index contributed by atoms with van der Waals surface area (Å²) in [6.07, 6.45) is 0.661. The molecule has 0 saturated heterocycles. The van der Waals surface area contributed by atoms with Gasteiger partial charge in [-0.05, 0) is 49.9 Å². The maximum Gasteiger partial charge on any atom is 0.279 e. The number of benzene rings is 1. The number of aryl methyl sites for hydroxylation is 2. The van der Waals surface area contributed by atoms with E-state index in [0.717, 1.165) is 11.1 Å². The first-order valence-electron chi connectivity index (χ1n) is 8.21. The van der Waals surface area contributed by atoms with E-state index < -0.39 is 17.9 Å². The molecule has 134 valence electrons. The van der Waals surface area contributed by atoms with Gasteiger partial charge in [-0.1, -0.05) is 26.0 Å². The first-order chi connectivity index (χ1) is 11.8. The van der Waals surface area contributed by atoms with Crippen LogP contribution in [0.5, 0.6) is 5.75 Å². The van der Waals surface area contributed by atoms with E-state index >= 15 is 0 Å². The number of furan rings is 1. The van der Waals surface area contributed by atoms with E-state index in [0.29, 0.717) is 23.0 Å². The predicted octanol–water partition coefficient (Wildman–Crippen LogP) is 3.25. The van der Waals surface area contributed by atoms with Crippen LogP contribution in [0, 0.1) is 13.8 Å². The van der Waals surface area contributed by atoms with Gasteiger partial charge in [0, 0.05) is 0 Å². The van der Waals surface area contributed by atoms with Crippen LogP contribution in [-0.2, 0) is 4.79 Å². The number of nitrogens with one attached hydrogen (secondary N) is 2. The quantitative estimate of drug-likeness (QED) is 0.816. The Morgan fingerprint density at radius 2 is 1.80 bits per heavy atom. The van der Waals surface area contributed by atoms with Gasteiger partial charge in [0.2, 0.25) is 0 Å². The summed E-state index contributed by atoms with van der Waals surface area (Å²) in [6.45, 7) is 9.42. The summed E-state index contributed by atoms with van der Waals surface area (Å²) < 4.78 is 10.8. The second kappa shape index (κ2) is 7.88. The highest BCUT2D eigenvalue weighted by Gasteiger charge is 2.18. The molecule has 0 unspecified atom stereocenters. The van der Waals surface area contributed by atoms with Gasteiger partial charge in [-0.3, -0.25) is 20.4 Å². The van der Waals surface area contributed by atoms with E-state index in [1.807, 2.05) is 25.1 Å². The highest BCUT2D eigenvalue weighted by molar-refractivity contribution is 5.96. The summed E-state index contributed by atoms with van der Waals surface area (Å²) in [4.78, 5) is 24.1. The van der Waals surface area contributed by atoms with Crippen LogP contribution in [0.4, 0.5) is 0 Å². The molecule has 0 fully saturated rings. The van der Waals surface area contributed by atoms with Gasteiger partial charge in [0.15, 0.2) is 6.10 Å². The molecule has 0 radical (unpaired) electrons. The van der Waals surface area contributed by atoms with E-state index in [9.17, 15) is 9.59 Å². The Morgan fingerprint density at radius 1 is 1.08 bits per heavy atom. The Morgan fingerprint density at radius 3 is 2.40 bits per heavy atom. The lowest BCUT2D eigenvalue weighted by Gasteiger charge is -2.18. The van der Waals surface area contributed by atoms with Gasteiger partial charge in [0.25, 0.3) is 11.8 Å². The molecule has 0 bridgehead atoms. The Labute approximate surface area is 147 Å². The summed E-state index contributed by atoms with van der Waals surface area (Å²) in [5.74, 6) is 0.626. The number of hydrazine groups is 1. The molecular formula is C19H24N2O4. The fraction of sp³-hybridized carbons (Fsp3) is 0.368. The van der Waals surface area contributed by atoms with E-state index in [-0.39, 0.29) is 0 Å². The van der Waals surface area contributed by atoms with Gasteiger partial charge in [0.1, 0.15) is 11.5 Å². The second-order valence-corrected chi connectivity index (χ2v) is 6.27. The van der Waals surface area contributed by atoms with Crippen molar-refractivity contribution in [1.82, 2.24) is 10.9 Å². The number of hydrogen-bond donors (Lipinski definition) is 2. The van der Waals surface area contributed by atoms with Gasteiger partial charge < -0.3 is 9.15 Å². The fourth-order valence-electron chi connectivity index (χ4n) is 2.25. The molecule has 6 heteroatoms. The number of carbonyl (C=O) groups is 2. The average molecular weight is 344 g/mol. The molecule has 2 N–H and O–H groups in total. The first kappa shape index (κ1) is 18.6. The maximum atomic E-state index is 12.2. The molecule has 6 nitrogen and oxygen atoms in total. The Hall–Kier alpha value is -2.76. The van der Waals surface area contributed by atoms with Crippen molar-refractivity contribution in [2.45, 2.75) is 46.6 Å². The van der Waals surface area contributed by atoms with Gasteiger partial charge >= 0.3 is 0 Å². The lowest BCUT2D eigenvalue weighted by atomic mass is 10.0. The molecule has 1 aromatic heterocycles. The van der Waals surface area contributed by atoms with Gasteiger partial charge in [0.05, 0.1) is 11.8 Å². The van der Waals surface area contributed by atoms with Crippen LogP contribution in [0.25, 0.3) is 0 Å². The molecule has 2 amide bonds. The number of amides is 2. The van der Waals surface area contributed by atoms with Crippen molar-refractivity contribution >= 4 is 11.8 Å². The van der Waals surface area contributed by atoms with Crippen LogP contribution < -0.4 is 15.6 Å². The fourth-order valence-corrected chi connectivity index (χ4v) is 2.25. The third-order valence-electron chi connectivity index (χ3n) is 3.95. The molecule has 1 aromatic carbocycles. The van der Waals surface area contributed by atoms with Crippen molar-refractivity contribution in [3.05, 3.63) is 53.0 Å². The van der Waals surface area contributed by atoms with Crippen molar-refractivity contribution in [3.63, 3.8) is 0 Å². The second-order valence-electron chi connectivity index (χ2n) is 6.27. The molecule has 0 saturated carbocycles. The molecule has 0 aliphatic carbocycles. The zero-order valence-corrected chi connectivity index (χ0v) is 15.2. The molecule has 0 aliphatic heterocycles. The van der Waals surface area contributed by atoms with Crippen molar-refractivity contribution in [2.75, 3.05) is 0 Å². The highest BCUT2D eigenvalue weighted by atomic mass is 16.5. The summed E-state index contributed by atoms with van der Waals surface area (Å²) in [5.41, 5.74) is 7.18. The van der Waals surface area contributed by atoms with Crippen molar-refractivity contribution < 1.29 is 18.7 Å². The molecule has 25 heavy (non-hydrogen) atoms. The zero-order chi connectivity index (χ0) is 18.6. The molecule has 0 spiro atoms. The predicted molar refractivity (Wildman–Crippen MR) is 94.4 cm³/mol. The number of ether oxygens (including phenoxy) is 1. The molecule has 2 rings (SSSR count). The molecule has 1 heterocycles. The van der Waals surface area contributed by atoms with Crippen molar-refractivity contribution in [3.8, 4) is 5.75 Å². The van der Waals surface area contributed by atoms with Gasteiger partial charge in [-0.2, -0.15) is 0 Å². The first-order valence-corrected chi connectivity index (χ1v) is 8.21. The Kier molecular flexibility index (Phi) is 5.85. The Balaban J connectivity index is 1.95. The van der Waals surface area contributed by atoms with Crippen LogP contribution in [0.2, 0.25) is 0 Å².